The number of allylic oxidation sites excluding steroid dienone is 2. The largest absolute Gasteiger partial charge is 0.493 e. The number of benzene rings is 2. The van der Waals surface area contributed by atoms with Crippen LogP contribution in [0.1, 0.15) is 31.7 Å². The quantitative estimate of drug-likeness (QED) is 0.0876. The standard InChI is InChI=1S/C27H31N4O8S2/c1-3-28-22-18-20(36-14-6-16-38-30(32)33)10-12-24(22)40-26(28)8-5-9-27-29(4-2)23-19-21(11-13-25(23)41-27)37-15-7-17-39-31(34)35/h5,8-13,18-19H,3-4,6-7,14-17H2,1-2H3/q+1. The van der Waals surface area contributed by atoms with Gasteiger partial charge in [-0.15, -0.1) is 20.2 Å². The first-order valence-electron chi connectivity index (χ1n) is 13.1. The molecular weight excluding hydrogens is 572 g/mol. The number of aromatic nitrogens is 1. The third-order valence-electron chi connectivity index (χ3n) is 6.02. The number of nitrogens with zero attached hydrogens (tertiary/aromatic N) is 4. The molecular formula is C27H31N4O8S2+. The first-order valence-corrected chi connectivity index (χ1v) is 14.8. The zero-order valence-electron chi connectivity index (χ0n) is 22.7. The van der Waals surface area contributed by atoms with Crippen molar-refractivity contribution in [1.82, 2.24) is 0 Å². The van der Waals surface area contributed by atoms with Gasteiger partial charge < -0.3 is 24.0 Å². The van der Waals surface area contributed by atoms with E-state index in [2.05, 4.69) is 51.2 Å². The van der Waals surface area contributed by atoms with Crippen LogP contribution in [0.4, 0.5) is 5.69 Å². The zero-order chi connectivity index (χ0) is 29.2. The van der Waals surface area contributed by atoms with E-state index < -0.39 is 10.2 Å². The Kier molecular flexibility index (Phi) is 10.6. The lowest BCUT2D eigenvalue weighted by molar-refractivity contribution is -0.757. The molecule has 0 aliphatic carbocycles. The maximum Gasteiger partial charge on any atom is 0.294 e. The first kappa shape index (κ1) is 29.9. The van der Waals surface area contributed by atoms with Gasteiger partial charge in [-0.2, -0.15) is 4.57 Å². The predicted molar refractivity (Wildman–Crippen MR) is 156 cm³/mol. The van der Waals surface area contributed by atoms with E-state index in [-0.39, 0.29) is 13.2 Å². The zero-order valence-corrected chi connectivity index (χ0v) is 24.4. The molecule has 1 aliphatic rings. The van der Waals surface area contributed by atoms with Crippen molar-refractivity contribution in [3.05, 3.63) is 78.8 Å². The summed E-state index contributed by atoms with van der Waals surface area (Å²) < 4.78 is 14.9. The molecule has 2 heterocycles. The van der Waals surface area contributed by atoms with Crippen LogP contribution >= 0.6 is 23.1 Å². The lowest BCUT2D eigenvalue weighted by atomic mass is 10.2. The molecule has 0 fully saturated rings. The van der Waals surface area contributed by atoms with Crippen molar-refractivity contribution in [1.29, 1.82) is 0 Å². The summed E-state index contributed by atoms with van der Waals surface area (Å²) in [4.78, 5) is 32.5. The summed E-state index contributed by atoms with van der Waals surface area (Å²) in [6, 6.07) is 11.9. The van der Waals surface area contributed by atoms with Crippen molar-refractivity contribution in [3.63, 3.8) is 0 Å². The Morgan fingerprint density at radius 3 is 2.22 bits per heavy atom. The number of ether oxygens (including phenoxy) is 2. The smallest absolute Gasteiger partial charge is 0.294 e. The highest BCUT2D eigenvalue weighted by Gasteiger charge is 2.24. The number of rotatable bonds is 16. The van der Waals surface area contributed by atoms with Crippen molar-refractivity contribution in [2.24, 2.45) is 0 Å². The van der Waals surface area contributed by atoms with Gasteiger partial charge in [0.1, 0.15) is 22.7 Å². The van der Waals surface area contributed by atoms with Gasteiger partial charge in [0, 0.05) is 36.4 Å². The second-order valence-corrected chi connectivity index (χ2v) is 10.8. The maximum absolute atomic E-state index is 10.3. The number of hydrogen-bond acceptors (Lipinski definition) is 11. The third-order valence-corrected chi connectivity index (χ3v) is 8.28. The Labute approximate surface area is 245 Å². The minimum absolute atomic E-state index is 0.00447. The topological polar surface area (TPSA) is 130 Å². The van der Waals surface area contributed by atoms with Crippen molar-refractivity contribution in [2.75, 3.05) is 37.9 Å². The fourth-order valence-electron chi connectivity index (χ4n) is 4.23. The first-order chi connectivity index (χ1) is 19.9. The molecule has 0 bridgehead atoms. The summed E-state index contributed by atoms with van der Waals surface area (Å²) >= 11 is 3.39. The van der Waals surface area contributed by atoms with Crippen molar-refractivity contribution >= 4 is 45.1 Å². The molecule has 0 saturated heterocycles. The molecule has 3 aromatic rings. The Morgan fingerprint density at radius 1 is 0.927 bits per heavy atom. The van der Waals surface area contributed by atoms with Crippen molar-refractivity contribution in [2.45, 2.75) is 38.1 Å². The molecule has 0 amide bonds. The van der Waals surface area contributed by atoms with Crippen LogP contribution in [0, 0.1) is 20.2 Å². The molecule has 41 heavy (non-hydrogen) atoms. The molecule has 2 aromatic carbocycles. The Morgan fingerprint density at radius 2 is 1.59 bits per heavy atom. The van der Waals surface area contributed by atoms with Crippen LogP contribution in [0.15, 0.2) is 58.5 Å². The fraction of sp³-hybridized carbons (Fsp3) is 0.370. The number of aryl methyl sites for hydroxylation is 1. The summed E-state index contributed by atoms with van der Waals surface area (Å²) in [7, 11) is 0. The van der Waals surface area contributed by atoms with Gasteiger partial charge in [0.05, 0.1) is 43.2 Å². The molecule has 0 unspecified atom stereocenters. The molecule has 12 nitrogen and oxygen atoms in total. The normalized spacial score (nSPS) is 13.6. The number of hydrogen-bond donors (Lipinski definition) is 0. The SMILES string of the molecule is CCN1C(=CC=Cc2sc3ccc(OCCCO[N+](=O)[O-])cc3[n+]2CC)Sc2ccc(OCCCO[N+](=O)[O-])cc21. The third kappa shape index (κ3) is 8.01. The van der Waals surface area contributed by atoms with Crippen LogP contribution in [-0.4, -0.2) is 43.1 Å². The Hall–Kier alpha value is -4.04. The number of anilines is 1. The summed E-state index contributed by atoms with van der Waals surface area (Å²) in [6.07, 6.45) is 7.12. The molecule has 0 saturated carbocycles. The van der Waals surface area contributed by atoms with Gasteiger partial charge in [-0.3, -0.25) is 0 Å². The van der Waals surface area contributed by atoms with E-state index in [1.165, 1.54) is 0 Å². The highest BCUT2D eigenvalue weighted by molar-refractivity contribution is 8.03. The van der Waals surface area contributed by atoms with E-state index in [4.69, 9.17) is 9.47 Å². The second kappa shape index (κ2) is 14.6. The lowest BCUT2D eigenvalue weighted by Crippen LogP contribution is -2.33. The number of thiazole rings is 1. The van der Waals surface area contributed by atoms with Gasteiger partial charge in [-0.05, 0) is 44.2 Å². The van der Waals surface area contributed by atoms with Crippen LogP contribution in [0.25, 0.3) is 16.3 Å². The average molecular weight is 604 g/mol. The van der Waals surface area contributed by atoms with Gasteiger partial charge in [0.2, 0.25) is 5.52 Å². The average Bonchev–Trinajstić information content (AvgIpc) is 3.48. The minimum Gasteiger partial charge on any atom is -0.493 e. The number of fused-ring (bicyclic) bond motifs is 2. The maximum atomic E-state index is 10.3. The molecule has 1 aromatic heterocycles. The van der Waals surface area contributed by atoms with E-state index in [1.54, 1.807) is 23.1 Å². The van der Waals surface area contributed by atoms with E-state index in [1.807, 2.05) is 36.4 Å². The highest BCUT2D eigenvalue weighted by Crippen LogP contribution is 2.47. The van der Waals surface area contributed by atoms with E-state index >= 15 is 0 Å². The summed E-state index contributed by atoms with van der Waals surface area (Å²) in [6.45, 7) is 6.45. The van der Waals surface area contributed by atoms with Crippen LogP contribution in [0.2, 0.25) is 0 Å². The van der Waals surface area contributed by atoms with Crippen LogP contribution < -0.4 is 18.9 Å². The van der Waals surface area contributed by atoms with Gasteiger partial charge >= 0.3 is 0 Å². The highest BCUT2D eigenvalue weighted by atomic mass is 32.2. The lowest BCUT2D eigenvalue weighted by Gasteiger charge is -2.18. The molecule has 0 atom stereocenters. The summed E-state index contributed by atoms with van der Waals surface area (Å²) in [5.41, 5.74) is 2.14. The van der Waals surface area contributed by atoms with Gasteiger partial charge in [-0.1, -0.05) is 29.2 Å². The van der Waals surface area contributed by atoms with E-state index in [0.29, 0.717) is 37.6 Å². The number of thioether (sulfide) groups is 1. The molecule has 0 spiro atoms. The second-order valence-electron chi connectivity index (χ2n) is 8.67. The van der Waals surface area contributed by atoms with E-state index in [0.717, 1.165) is 43.9 Å². The molecule has 14 heteroatoms. The molecule has 1 aliphatic heterocycles. The molecule has 4 rings (SSSR count). The fourth-order valence-corrected chi connectivity index (χ4v) is 6.47. The van der Waals surface area contributed by atoms with Crippen molar-refractivity contribution in [3.8, 4) is 11.5 Å². The van der Waals surface area contributed by atoms with Gasteiger partial charge in [0.15, 0.2) is 0 Å². The van der Waals surface area contributed by atoms with Crippen LogP contribution in [0.5, 0.6) is 11.5 Å². The minimum atomic E-state index is -0.798. The van der Waals surface area contributed by atoms with E-state index in [9.17, 15) is 20.2 Å². The molecule has 0 radical (unpaired) electrons. The van der Waals surface area contributed by atoms with Crippen LogP contribution in [-0.2, 0) is 16.2 Å². The van der Waals surface area contributed by atoms with Crippen molar-refractivity contribution < 1.29 is 33.9 Å². The summed E-state index contributed by atoms with van der Waals surface area (Å²) in [5, 5.41) is 21.2. The van der Waals surface area contributed by atoms with Gasteiger partial charge in [-0.25, -0.2) is 0 Å². The molecule has 218 valence electrons. The monoisotopic (exact) mass is 603 g/mol. The predicted octanol–water partition coefficient (Wildman–Crippen LogP) is 5.65. The molecule has 0 N–H and O–H groups in total. The van der Waals surface area contributed by atoms with Crippen LogP contribution in [0.3, 0.4) is 0 Å². The Balaban J connectivity index is 1.41. The van der Waals surface area contributed by atoms with Gasteiger partial charge in [0.25, 0.3) is 15.2 Å². The Bertz CT molecular complexity index is 1440. The summed E-state index contributed by atoms with van der Waals surface area (Å²) in [5.74, 6) is 1.42.